The highest BCUT2D eigenvalue weighted by atomic mass is 19.1. The van der Waals surface area contributed by atoms with Crippen molar-refractivity contribution in [3.8, 4) is 0 Å². The van der Waals surface area contributed by atoms with Crippen molar-refractivity contribution >= 4 is 22.6 Å². The summed E-state index contributed by atoms with van der Waals surface area (Å²) in [5.41, 5.74) is 4.06. The number of benzene rings is 1. The smallest absolute Gasteiger partial charge is 0.274 e. The quantitative estimate of drug-likeness (QED) is 0.400. The van der Waals surface area contributed by atoms with E-state index >= 15 is 0 Å². The number of hydrogen-bond donors (Lipinski definition) is 2. The topological polar surface area (TPSA) is 73.6 Å². The largest absolute Gasteiger partial charge is 0.368 e. The number of alkyl halides is 1. The summed E-state index contributed by atoms with van der Waals surface area (Å²) in [5.74, 6) is -0.527. The fourth-order valence-corrected chi connectivity index (χ4v) is 4.52. The predicted molar refractivity (Wildman–Crippen MR) is 128 cm³/mol. The van der Waals surface area contributed by atoms with Gasteiger partial charge in [-0.25, -0.2) is 14.9 Å². The van der Waals surface area contributed by atoms with Crippen LogP contribution >= 0.6 is 0 Å². The summed E-state index contributed by atoms with van der Waals surface area (Å²) >= 11 is 0. The molecule has 1 amide bonds. The van der Waals surface area contributed by atoms with Gasteiger partial charge in [0.15, 0.2) is 0 Å². The molecule has 0 unspecified atom stereocenters. The Morgan fingerprint density at radius 2 is 1.79 bits per heavy atom. The lowest BCUT2D eigenvalue weighted by atomic mass is 9.98. The summed E-state index contributed by atoms with van der Waals surface area (Å²) in [4.78, 5) is 20.7. The van der Waals surface area contributed by atoms with E-state index in [1.165, 1.54) is 0 Å². The Hall–Kier alpha value is -2.97. The summed E-state index contributed by atoms with van der Waals surface area (Å²) < 4.78 is 16.9. The van der Waals surface area contributed by atoms with E-state index in [0.29, 0.717) is 31.5 Å². The van der Waals surface area contributed by atoms with Gasteiger partial charge < -0.3 is 9.47 Å². The minimum absolute atomic E-state index is 0.404. The number of carbonyl (C=O) groups is 1. The molecule has 1 saturated heterocycles. The standard InChI is InChI=1S/C25H32FN5O2/c1-3-25(26,4-2)18-29-13-15-30(16-14-29)22-9-11-27-23-21(22)10-12-31(23)17-19-5-7-20(8-6-19)24(32)28-33/h5-12,33H,3-4,13-18H2,1-2H3,(H,28,32). The number of rotatable bonds is 8. The number of piperazine rings is 1. The molecule has 0 saturated carbocycles. The molecule has 4 rings (SSSR count). The first-order valence-electron chi connectivity index (χ1n) is 11.6. The van der Waals surface area contributed by atoms with E-state index in [-0.39, 0.29) is 0 Å². The Bertz CT molecular complexity index is 1090. The van der Waals surface area contributed by atoms with E-state index in [9.17, 15) is 9.18 Å². The van der Waals surface area contributed by atoms with Crippen molar-refractivity contribution in [3.63, 3.8) is 0 Å². The van der Waals surface area contributed by atoms with E-state index in [0.717, 1.165) is 48.5 Å². The number of halogens is 1. The summed E-state index contributed by atoms with van der Waals surface area (Å²) in [6.07, 6.45) is 4.99. The molecule has 0 aliphatic carbocycles. The number of hydrogen-bond acceptors (Lipinski definition) is 5. The fourth-order valence-electron chi connectivity index (χ4n) is 4.52. The van der Waals surface area contributed by atoms with Crippen molar-refractivity contribution in [1.82, 2.24) is 19.9 Å². The van der Waals surface area contributed by atoms with E-state index < -0.39 is 11.6 Å². The minimum Gasteiger partial charge on any atom is -0.368 e. The summed E-state index contributed by atoms with van der Waals surface area (Å²) in [7, 11) is 0. The van der Waals surface area contributed by atoms with Gasteiger partial charge in [-0.15, -0.1) is 0 Å². The average Bonchev–Trinajstić information content (AvgIpc) is 3.27. The molecule has 0 atom stereocenters. The zero-order chi connectivity index (χ0) is 23.4. The number of nitrogens with one attached hydrogen (secondary N) is 1. The minimum atomic E-state index is -1.09. The van der Waals surface area contributed by atoms with Crippen molar-refractivity contribution in [2.24, 2.45) is 0 Å². The van der Waals surface area contributed by atoms with Crippen LogP contribution in [0.5, 0.6) is 0 Å². The normalized spacial score (nSPS) is 15.2. The van der Waals surface area contributed by atoms with E-state index in [1.54, 1.807) is 17.6 Å². The molecule has 33 heavy (non-hydrogen) atoms. The molecule has 0 radical (unpaired) electrons. The first-order valence-corrected chi connectivity index (χ1v) is 11.6. The molecular formula is C25H32FN5O2. The van der Waals surface area contributed by atoms with Crippen LogP contribution in [0.15, 0.2) is 48.8 Å². The summed E-state index contributed by atoms with van der Waals surface area (Å²) in [6, 6.07) is 11.3. The Kier molecular flexibility index (Phi) is 6.95. The molecule has 3 aromatic rings. The number of amides is 1. The second kappa shape index (κ2) is 9.89. The number of carbonyl (C=O) groups excluding carboxylic acids is 1. The highest BCUT2D eigenvalue weighted by Gasteiger charge is 2.30. The third kappa shape index (κ3) is 5.02. The molecule has 7 nitrogen and oxygen atoms in total. The molecule has 2 N–H and O–H groups in total. The highest BCUT2D eigenvalue weighted by molar-refractivity contribution is 5.93. The van der Waals surface area contributed by atoms with Crippen LogP contribution in [0.3, 0.4) is 0 Å². The molecule has 8 heteroatoms. The molecular weight excluding hydrogens is 421 g/mol. The van der Waals surface area contributed by atoms with Crippen LogP contribution in [-0.2, 0) is 6.54 Å². The number of aromatic nitrogens is 2. The summed E-state index contributed by atoms with van der Waals surface area (Å²) in [5, 5.41) is 9.87. The maximum absolute atomic E-state index is 14.8. The van der Waals surface area contributed by atoms with Gasteiger partial charge in [-0.2, -0.15) is 0 Å². The van der Waals surface area contributed by atoms with Crippen LogP contribution in [-0.4, -0.2) is 64.0 Å². The number of pyridine rings is 1. The van der Waals surface area contributed by atoms with Crippen molar-refractivity contribution in [1.29, 1.82) is 0 Å². The molecule has 1 aliphatic heterocycles. The van der Waals surface area contributed by atoms with E-state index in [4.69, 9.17) is 5.21 Å². The number of anilines is 1. The summed E-state index contributed by atoms with van der Waals surface area (Å²) in [6.45, 7) is 8.42. The lowest BCUT2D eigenvalue weighted by Gasteiger charge is -2.39. The van der Waals surface area contributed by atoms with Crippen LogP contribution in [0.25, 0.3) is 11.0 Å². The van der Waals surface area contributed by atoms with Crippen molar-refractivity contribution < 1.29 is 14.4 Å². The predicted octanol–water partition coefficient (Wildman–Crippen LogP) is 3.85. The van der Waals surface area contributed by atoms with Crippen LogP contribution in [0.4, 0.5) is 10.1 Å². The van der Waals surface area contributed by atoms with Gasteiger partial charge in [-0.05, 0) is 42.7 Å². The van der Waals surface area contributed by atoms with Crippen molar-refractivity contribution in [3.05, 3.63) is 59.9 Å². The number of fused-ring (bicyclic) bond motifs is 1. The van der Waals surface area contributed by atoms with Crippen LogP contribution in [0.2, 0.25) is 0 Å². The Balaban J connectivity index is 1.46. The molecule has 2 aromatic heterocycles. The lowest BCUT2D eigenvalue weighted by molar-refractivity contribution is 0.0706. The van der Waals surface area contributed by atoms with E-state index in [1.807, 2.05) is 38.4 Å². The lowest BCUT2D eigenvalue weighted by Crippen LogP contribution is -2.50. The second-order valence-electron chi connectivity index (χ2n) is 8.77. The SMILES string of the molecule is CCC(F)(CC)CN1CCN(c2ccnc3c2ccn3Cc2ccc(C(=O)NO)cc2)CC1. The highest BCUT2D eigenvalue weighted by Crippen LogP contribution is 2.29. The second-order valence-corrected chi connectivity index (χ2v) is 8.77. The Morgan fingerprint density at radius 3 is 2.42 bits per heavy atom. The molecule has 0 bridgehead atoms. The van der Waals surface area contributed by atoms with Crippen molar-refractivity contribution in [2.75, 3.05) is 37.6 Å². The maximum atomic E-state index is 14.8. The Labute approximate surface area is 193 Å². The number of nitrogens with zero attached hydrogens (tertiary/aromatic N) is 4. The third-order valence-corrected chi connectivity index (χ3v) is 6.80. The van der Waals surface area contributed by atoms with Gasteiger partial charge >= 0.3 is 0 Å². The molecule has 176 valence electrons. The molecule has 1 aromatic carbocycles. The van der Waals surface area contributed by atoms with Crippen LogP contribution < -0.4 is 10.4 Å². The van der Waals surface area contributed by atoms with Crippen molar-refractivity contribution in [2.45, 2.75) is 38.9 Å². The van der Waals surface area contributed by atoms with Gasteiger partial charge in [-0.3, -0.25) is 14.9 Å². The van der Waals surface area contributed by atoms with Gasteiger partial charge in [0.2, 0.25) is 0 Å². The Morgan fingerprint density at radius 1 is 1.09 bits per heavy atom. The monoisotopic (exact) mass is 453 g/mol. The van der Waals surface area contributed by atoms with Crippen LogP contribution in [0.1, 0.15) is 42.6 Å². The molecule has 1 aliphatic rings. The number of hydroxylamine groups is 1. The van der Waals surface area contributed by atoms with Gasteiger partial charge in [0.25, 0.3) is 5.91 Å². The van der Waals surface area contributed by atoms with Crippen LogP contribution in [0, 0.1) is 0 Å². The van der Waals surface area contributed by atoms with Gasteiger partial charge in [-0.1, -0.05) is 26.0 Å². The maximum Gasteiger partial charge on any atom is 0.274 e. The molecule has 1 fully saturated rings. The first-order chi connectivity index (χ1) is 16.0. The van der Waals surface area contributed by atoms with Gasteiger partial charge in [0.1, 0.15) is 11.3 Å². The average molecular weight is 454 g/mol. The van der Waals surface area contributed by atoms with Gasteiger partial charge in [0.05, 0.1) is 0 Å². The fraction of sp³-hybridized carbons (Fsp3) is 0.440. The third-order valence-electron chi connectivity index (χ3n) is 6.80. The zero-order valence-electron chi connectivity index (χ0n) is 19.3. The zero-order valence-corrected chi connectivity index (χ0v) is 19.3. The molecule has 3 heterocycles. The molecule has 0 spiro atoms. The van der Waals surface area contributed by atoms with E-state index in [2.05, 4.69) is 31.5 Å². The van der Waals surface area contributed by atoms with Gasteiger partial charge in [0, 0.05) is 68.3 Å². The first kappa shape index (κ1) is 23.2.